The first-order valence-corrected chi connectivity index (χ1v) is 9.80. The first-order valence-electron chi connectivity index (χ1n) is 9.80. The van der Waals surface area contributed by atoms with Gasteiger partial charge in [-0.15, -0.1) is 0 Å². The van der Waals surface area contributed by atoms with Crippen molar-refractivity contribution in [1.82, 2.24) is 9.47 Å². The summed E-state index contributed by atoms with van der Waals surface area (Å²) in [7, 11) is 0. The van der Waals surface area contributed by atoms with Gasteiger partial charge in [0.05, 0.1) is 23.9 Å². The lowest BCUT2D eigenvalue weighted by atomic mass is 9.97. The summed E-state index contributed by atoms with van der Waals surface area (Å²) in [6.45, 7) is -1.09. The van der Waals surface area contributed by atoms with Gasteiger partial charge in [0.15, 0.2) is 0 Å². The van der Waals surface area contributed by atoms with Crippen LogP contribution in [0.15, 0.2) is 47.4 Å². The number of anilines is 1. The number of halogens is 3. The number of carbonyl (C=O) groups excluding carboxylic acids is 2. The fourth-order valence-electron chi connectivity index (χ4n) is 3.55. The Kier molecular flexibility index (Phi) is 7.52. The Morgan fingerprint density at radius 2 is 2.00 bits per heavy atom. The van der Waals surface area contributed by atoms with Gasteiger partial charge < -0.3 is 20.7 Å². The highest BCUT2D eigenvalue weighted by molar-refractivity contribution is 5.93. The highest BCUT2D eigenvalue weighted by Gasteiger charge is 2.38. The quantitative estimate of drug-likeness (QED) is 0.642. The summed E-state index contributed by atoms with van der Waals surface area (Å²) in [4.78, 5) is 37.7. The molecule has 171 valence electrons. The summed E-state index contributed by atoms with van der Waals surface area (Å²) in [5.41, 5.74) is 5.08. The minimum absolute atomic E-state index is 0.172. The van der Waals surface area contributed by atoms with Crippen molar-refractivity contribution < 1.29 is 27.5 Å². The van der Waals surface area contributed by atoms with Crippen LogP contribution in [0.25, 0.3) is 5.69 Å². The number of carbonyl (C=O) groups is 2. The number of nitrogens with one attached hydrogen (secondary N) is 1. The molecule has 0 saturated carbocycles. The number of aromatic nitrogens is 1. The third-order valence-electron chi connectivity index (χ3n) is 5.07. The van der Waals surface area contributed by atoms with Crippen LogP contribution in [0.5, 0.6) is 0 Å². The van der Waals surface area contributed by atoms with Crippen LogP contribution in [-0.2, 0) is 9.53 Å². The number of alkyl halides is 2. The molecule has 2 aromatic rings. The summed E-state index contributed by atoms with van der Waals surface area (Å²) in [5.74, 6) is -2.58. The van der Waals surface area contributed by atoms with E-state index >= 15 is 0 Å². The number of nitrogens with two attached hydrogens (primary N) is 1. The summed E-state index contributed by atoms with van der Waals surface area (Å²) >= 11 is 0. The van der Waals surface area contributed by atoms with Gasteiger partial charge in [0.1, 0.15) is 12.4 Å². The van der Waals surface area contributed by atoms with E-state index in [1.807, 2.05) is 0 Å². The van der Waals surface area contributed by atoms with Crippen molar-refractivity contribution in [3.05, 3.63) is 65.2 Å². The van der Waals surface area contributed by atoms with Gasteiger partial charge in [-0.2, -0.15) is 0 Å². The minimum Gasteiger partial charge on any atom is -0.375 e. The Hall–Kier alpha value is -3.34. The van der Waals surface area contributed by atoms with Crippen molar-refractivity contribution in [1.29, 1.82) is 0 Å². The molecule has 1 aliphatic heterocycles. The molecule has 32 heavy (non-hydrogen) atoms. The third kappa shape index (κ3) is 5.47. The highest BCUT2D eigenvalue weighted by atomic mass is 19.3. The number of urea groups is 1. The highest BCUT2D eigenvalue weighted by Crippen LogP contribution is 2.26. The second-order valence-electron chi connectivity index (χ2n) is 7.18. The Morgan fingerprint density at radius 1 is 1.22 bits per heavy atom. The molecule has 3 N–H and O–H groups in total. The van der Waals surface area contributed by atoms with Crippen molar-refractivity contribution in [2.24, 2.45) is 11.7 Å². The van der Waals surface area contributed by atoms with E-state index in [-0.39, 0.29) is 23.5 Å². The molecule has 2 atom stereocenters. The molecule has 0 spiro atoms. The molecule has 1 aromatic heterocycles. The lowest BCUT2D eigenvalue weighted by Crippen LogP contribution is -2.48. The van der Waals surface area contributed by atoms with Crippen molar-refractivity contribution in [2.75, 3.05) is 25.1 Å². The van der Waals surface area contributed by atoms with Crippen LogP contribution in [-0.4, -0.2) is 53.6 Å². The molecule has 1 radical (unpaired) electrons. The van der Waals surface area contributed by atoms with E-state index < -0.39 is 49.4 Å². The van der Waals surface area contributed by atoms with Crippen LogP contribution in [0.1, 0.15) is 6.42 Å². The summed E-state index contributed by atoms with van der Waals surface area (Å²) in [6.07, 6.45) is 0.779. The first kappa shape index (κ1) is 23.3. The van der Waals surface area contributed by atoms with Crippen LogP contribution in [0.2, 0.25) is 0 Å². The van der Waals surface area contributed by atoms with Gasteiger partial charge in [-0.25, -0.2) is 18.0 Å². The zero-order valence-corrected chi connectivity index (χ0v) is 16.9. The maximum absolute atomic E-state index is 14.7. The molecule has 1 aliphatic rings. The molecule has 2 heterocycles. The second-order valence-corrected chi connectivity index (χ2v) is 7.18. The average molecular weight is 451 g/mol. The largest absolute Gasteiger partial charge is 0.375 e. The first-order chi connectivity index (χ1) is 15.3. The van der Waals surface area contributed by atoms with Crippen LogP contribution < -0.4 is 16.6 Å². The van der Waals surface area contributed by atoms with Crippen molar-refractivity contribution in [2.45, 2.75) is 18.9 Å². The number of benzene rings is 1. The SMILES string of the molecule is NC(=O)N1C[CH]C[C@H]1C(COCC(F)F)C(=O)Nc1ccc(-n2ccccc2=O)cc1F. The van der Waals surface area contributed by atoms with Gasteiger partial charge in [-0.1, -0.05) is 6.07 Å². The number of hydrogen-bond acceptors (Lipinski definition) is 4. The Bertz CT molecular complexity index is 1030. The molecule has 0 bridgehead atoms. The number of primary amides is 1. The normalized spacial score (nSPS) is 16.9. The Labute approximate surface area is 181 Å². The lowest BCUT2D eigenvalue weighted by Gasteiger charge is -2.29. The van der Waals surface area contributed by atoms with Gasteiger partial charge in [0, 0.05) is 30.9 Å². The average Bonchev–Trinajstić information content (AvgIpc) is 3.22. The molecular formula is C21H22F3N4O4. The number of hydrogen-bond donors (Lipinski definition) is 2. The fourth-order valence-corrected chi connectivity index (χ4v) is 3.55. The van der Waals surface area contributed by atoms with E-state index in [2.05, 4.69) is 5.32 Å². The van der Waals surface area contributed by atoms with Crippen LogP contribution >= 0.6 is 0 Å². The number of amides is 3. The van der Waals surface area contributed by atoms with Gasteiger partial charge in [0.25, 0.3) is 12.0 Å². The van der Waals surface area contributed by atoms with E-state index in [9.17, 15) is 27.6 Å². The number of nitrogens with zero attached hydrogens (tertiary/aromatic N) is 2. The van der Waals surface area contributed by atoms with E-state index in [1.165, 1.54) is 33.9 Å². The van der Waals surface area contributed by atoms with Gasteiger partial charge in [-0.3, -0.25) is 14.2 Å². The Balaban J connectivity index is 1.79. The number of ether oxygens (including phenoxy) is 1. The fraction of sp³-hybridized carbons (Fsp3) is 0.333. The van der Waals surface area contributed by atoms with Crippen molar-refractivity contribution >= 4 is 17.6 Å². The van der Waals surface area contributed by atoms with Gasteiger partial charge >= 0.3 is 6.03 Å². The molecule has 0 aliphatic carbocycles. The van der Waals surface area contributed by atoms with Crippen molar-refractivity contribution in [3.63, 3.8) is 0 Å². The van der Waals surface area contributed by atoms with E-state index in [0.717, 1.165) is 6.07 Å². The standard InChI is InChI=1S/C21H22F3N4O4/c22-15-10-13(27-8-2-1-5-19(27)29)6-7-16(15)26-20(30)14(11-32-12-18(23)24)17-4-3-9-28(17)21(25)31/h1-3,5-8,10,14,17-18H,4,9,11-12H2,(H2,25,31)(H,26,30)/t14?,17-/m0/s1. The van der Waals surface area contributed by atoms with E-state index in [1.54, 1.807) is 18.6 Å². The second kappa shape index (κ2) is 10.3. The molecule has 1 aromatic carbocycles. The number of rotatable bonds is 8. The molecule has 3 amide bonds. The molecule has 3 rings (SSSR count). The Morgan fingerprint density at radius 3 is 2.66 bits per heavy atom. The zero-order chi connectivity index (χ0) is 23.3. The molecular weight excluding hydrogens is 429 g/mol. The maximum atomic E-state index is 14.7. The van der Waals surface area contributed by atoms with Crippen LogP contribution in [0.4, 0.5) is 23.7 Å². The van der Waals surface area contributed by atoms with Gasteiger partial charge in [0.2, 0.25) is 5.91 Å². The predicted molar refractivity (Wildman–Crippen MR) is 110 cm³/mol. The number of pyridine rings is 1. The zero-order valence-electron chi connectivity index (χ0n) is 16.9. The van der Waals surface area contributed by atoms with Crippen molar-refractivity contribution in [3.8, 4) is 5.69 Å². The summed E-state index contributed by atoms with van der Waals surface area (Å²) in [6, 6.07) is 6.82. The molecule has 1 fully saturated rings. The molecule has 1 unspecified atom stereocenters. The molecule has 11 heteroatoms. The molecule has 8 nitrogen and oxygen atoms in total. The third-order valence-corrected chi connectivity index (χ3v) is 5.07. The number of likely N-dealkylation sites (tertiary alicyclic amines) is 1. The molecule has 1 saturated heterocycles. The lowest BCUT2D eigenvalue weighted by molar-refractivity contribution is -0.124. The maximum Gasteiger partial charge on any atom is 0.315 e. The van der Waals surface area contributed by atoms with Crippen LogP contribution in [0, 0.1) is 18.2 Å². The van der Waals surface area contributed by atoms with E-state index in [4.69, 9.17) is 10.5 Å². The smallest absolute Gasteiger partial charge is 0.315 e. The van der Waals surface area contributed by atoms with Gasteiger partial charge in [-0.05, 0) is 31.0 Å². The topological polar surface area (TPSA) is 107 Å². The van der Waals surface area contributed by atoms with Crippen LogP contribution in [0.3, 0.4) is 0 Å². The monoisotopic (exact) mass is 451 g/mol. The summed E-state index contributed by atoms with van der Waals surface area (Å²) < 4.78 is 45.8. The minimum atomic E-state index is -2.73. The van der Waals surface area contributed by atoms with E-state index in [0.29, 0.717) is 6.42 Å². The summed E-state index contributed by atoms with van der Waals surface area (Å²) in [5, 5.41) is 2.42. The predicted octanol–water partition coefficient (Wildman–Crippen LogP) is 2.17.